The van der Waals surface area contributed by atoms with Crippen LogP contribution in [-0.2, 0) is 14.3 Å². The minimum atomic E-state index is -1.17. The highest BCUT2D eigenvalue weighted by Crippen LogP contribution is 2.51. The smallest absolute Gasteiger partial charge is 0.259 e. The van der Waals surface area contributed by atoms with Crippen molar-refractivity contribution in [3.63, 3.8) is 0 Å². The van der Waals surface area contributed by atoms with Crippen LogP contribution >= 0.6 is 0 Å². The molecule has 0 bridgehead atoms. The van der Waals surface area contributed by atoms with Crippen molar-refractivity contribution in [2.24, 2.45) is 17.8 Å². The van der Waals surface area contributed by atoms with Crippen LogP contribution in [0.3, 0.4) is 0 Å². The molecule has 0 aromatic carbocycles. The lowest BCUT2D eigenvalue weighted by Crippen LogP contribution is -2.74. The molecular weight excluding hydrogens is 509 g/mol. The lowest BCUT2D eigenvalue weighted by Gasteiger charge is -2.62. The summed E-state index contributed by atoms with van der Waals surface area (Å²) in [6, 6.07) is -0.449. The van der Waals surface area contributed by atoms with Gasteiger partial charge in [-0.25, -0.2) is 4.39 Å². The second-order valence-electron chi connectivity index (χ2n) is 13.7. The number of nitrogens with zero attached hydrogens (tertiary/aromatic N) is 4. The molecule has 3 aliphatic carbocycles. The van der Waals surface area contributed by atoms with Gasteiger partial charge in [0.1, 0.15) is 6.17 Å². The van der Waals surface area contributed by atoms with Crippen molar-refractivity contribution in [1.82, 2.24) is 24.9 Å². The van der Waals surface area contributed by atoms with Crippen molar-refractivity contribution in [3.8, 4) is 0 Å². The summed E-state index contributed by atoms with van der Waals surface area (Å²) in [5.74, 6) is 0.351. The molecule has 7 rings (SSSR count). The second-order valence-corrected chi connectivity index (χ2v) is 13.7. The summed E-state index contributed by atoms with van der Waals surface area (Å²) in [5.41, 5.74) is 0.288. The Kier molecular flexibility index (Phi) is 7.69. The summed E-state index contributed by atoms with van der Waals surface area (Å²) >= 11 is 0. The molecular formula is C31H48FN5O3. The number of rotatable bonds is 5. The van der Waals surface area contributed by atoms with E-state index in [9.17, 15) is 9.59 Å². The Morgan fingerprint density at radius 2 is 1.77 bits per heavy atom. The Bertz CT molecular complexity index is 995. The van der Waals surface area contributed by atoms with Crippen LogP contribution in [0.4, 0.5) is 4.39 Å². The zero-order chi connectivity index (χ0) is 27.4. The van der Waals surface area contributed by atoms with Crippen LogP contribution in [-0.4, -0.2) is 127 Å². The van der Waals surface area contributed by atoms with Gasteiger partial charge in [-0.05, 0) is 70.5 Å². The van der Waals surface area contributed by atoms with Crippen LogP contribution in [0.2, 0.25) is 0 Å². The van der Waals surface area contributed by atoms with Gasteiger partial charge in [0.05, 0.1) is 35.9 Å². The van der Waals surface area contributed by atoms with E-state index in [-0.39, 0.29) is 48.0 Å². The number of ether oxygens (including phenoxy) is 1. The molecule has 4 aliphatic heterocycles. The fraction of sp³-hybridized carbons (Fsp3) is 0.871. The van der Waals surface area contributed by atoms with E-state index < -0.39 is 18.1 Å². The number of fused-ring (bicyclic) bond motifs is 4. The first-order valence-electron chi connectivity index (χ1n) is 16.3. The number of ketones is 1. The van der Waals surface area contributed by atoms with Gasteiger partial charge in [-0.3, -0.25) is 9.59 Å². The van der Waals surface area contributed by atoms with E-state index in [2.05, 4.69) is 27.1 Å². The first kappa shape index (κ1) is 27.3. The lowest BCUT2D eigenvalue weighted by molar-refractivity contribution is -0.215. The maximum absolute atomic E-state index is 16.1. The quantitative estimate of drug-likeness (QED) is 0.519. The zero-order valence-corrected chi connectivity index (χ0v) is 24.2. The predicted molar refractivity (Wildman–Crippen MR) is 150 cm³/mol. The largest absolute Gasteiger partial charge is 0.369 e. The van der Waals surface area contributed by atoms with Gasteiger partial charge in [0.15, 0.2) is 5.78 Å². The Hall–Kier alpha value is -1.55. The number of hydrogen-bond donors (Lipinski definition) is 1. The third kappa shape index (κ3) is 4.82. The van der Waals surface area contributed by atoms with Gasteiger partial charge < -0.3 is 29.7 Å². The van der Waals surface area contributed by atoms with Gasteiger partial charge in [-0.15, -0.1) is 0 Å². The normalized spacial score (nSPS) is 42.2. The number of morpholine rings is 1. The number of halogens is 1. The summed E-state index contributed by atoms with van der Waals surface area (Å²) in [7, 11) is 2.06. The highest BCUT2D eigenvalue weighted by atomic mass is 19.1. The van der Waals surface area contributed by atoms with Crippen LogP contribution in [0.15, 0.2) is 11.8 Å². The molecule has 7 aliphatic rings. The number of amides is 1. The Morgan fingerprint density at radius 3 is 2.58 bits per heavy atom. The SMILES string of the molecule is CN1CCN(C(=O)C2=CN3C4C(CCC5CCCCC54)OC4C(NCCN5CCCC5)C(F)CC(C2=O)C43)CC1. The second kappa shape index (κ2) is 11.3. The highest BCUT2D eigenvalue weighted by molar-refractivity contribution is 6.20. The third-order valence-electron chi connectivity index (χ3n) is 11.5. The average molecular weight is 558 g/mol. The van der Waals surface area contributed by atoms with E-state index in [1.165, 1.54) is 44.9 Å². The Labute approximate surface area is 238 Å². The van der Waals surface area contributed by atoms with Gasteiger partial charge in [0, 0.05) is 51.4 Å². The molecule has 222 valence electrons. The van der Waals surface area contributed by atoms with Crippen molar-refractivity contribution in [3.05, 3.63) is 11.8 Å². The van der Waals surface area contributed by atoms with Gasteiger partial charge in [-0.1, -0.05) is 19.3 Å². The molecule has 6 fully saturated rings. The van der Waals surface area contributed by atoms with E-state index in [0.29, 0.717) is 24.9 Å². The average Bonchev–Trinajstić information content (AvgIpc) is 3.49. The van der Waals surface area contributed by atoms with Crippen molar-refractivity contribution in [2.45, 2.75) is 94.3 Å². The number of Topliss-reactive ketones (excluding diaryl/α,β-unsaturated/α-hetero) is 1. The number of alkyl halides is 1. The summed E-state index contributed by atoms with van der Waals surface area (Å²) in [6.07, 6.45) is 10.2. The zero-order valence-electron chi connectivity index (χ0n) is 24.2. The van der Waals surface area contributed by atoms with Crippen LogP contribution in [0, 0.1) is 17.8 Å². The minimum absolute atomic E-state index is 0.0267. The standard InChI is InChI=1S/C31H48FN5O3/c1-34-14-16-36(17-15-34)31(39)23-19-37-27-21-7-3-2-6-20(21)8-9-25(27)40-30-26(33-10-13-35-11-4-5-12-35)24(32)18-22(28(30)37)29(23)38/h19-22,24-28,30,33H,2-18H2,1H3. The molecule has 1 amide bonds. The maximum atomic E-state index is 16.1. The number of carbonyl (C=O) groups is 2. The molecule has 9 heteroatoms. The van der Waals surface area contributed by atoms with Crippen LogP contribution in [0.5, 0.6) is 0 Å². The van der Waals surface area contributed by atoms with Crippen molar-refractivity contribution >= 4 is 11.7 Å². The monoisotopic (exact) mass is 557 g/mol. The number of piperazine rings is 1. The molecule has 40 heavy (non-hydrogen) atoms. The molecule has 0 aromatic heterocycles. The number of nitrogens with one attached hydrogen (secondary N) is 1. The highest BCUT2D eigenvalue weighted by Gasteiger charge is 2.60. The van der Waals surface area contributed by atoms with E-state index >= 15 is 4.39 Å². The number of carbonyl (C=O) groups excluding carboxylic acids is 2. The van der Waals surface area contributed by atoms with Crippen molar-refractivity contribution in [1.29, 1.82) is 0 Å². The number of hydrogen-bond acceptors (Lipinski definition) is 7. The van der Waals surface area contributed by atoms with Gasteiger partial charge >= 0.3 is 0 Å². The molecule has 3 saturated carbocycles. The molecule has 0 radical (unpaired) electrons. The molecule has 3 saturated heterocycles. The van der Waals surface area contributed by atoms with Crippen molar-refractivity contribution < 1.29 is 18.7 Å². The summed E-state index contributed by atoms with van der Waals surface area (Å²) in [6.45, 7) is 6.79. The van der Waals surface area contributed by atoms with Gasteiger partial charge in [0.2, 0.25) is 0 Å². The molecule has 4 heterocycles. The van der Waals surface area contributed by atoms with Gasteiger partial charge in [0.25, 0.3) is 5.91 Å². The maximum Gasteiger partial charge on any atom is 0.259 e. The van der Waals surface area contributed by atoms with E-state index in [1.807, 2.05) is 11.1 Å². The lowest BCUT2D eigenvalue weighted by atomic mass is 9.63. The molecule has 0 aromatic rings. The van der Waals surface area contributed by atoms with E-state index in [4.69, 9.17) is 4.74 Å². The summed E-state index contributed by atoms with van der Waals surface area (Å²) in [4.78, 5) is 36.7. The molecule has 8 nitrogen and oxygen atoms in total. The molecule has 9 unspecified atom stereocenters. The topological polar surface area (TPSA) is 68.4 Å². The van der Waals surface area contributed by atoms with E-state index in [0.717, 1.165) is 45.7 Å². The summed E-state index contributed by atoms with van der Waals surface area (Å²) in [5, 5.41) is 3.56. The first-order valence-corrected chi connectivity index (χ1v) is 16.3. The third-order valence-corrected chi connectivity index (χ3v) is 11.5. The van der Waals surface area contributed by atoms with Crippen LogP contribution < -0.4 is 5.32 Å². The Balaban J connectivity index is 1.19. The molecule has 0 spiro atoms. The first-order chi connectivity index (χ1) is 19.5. The number of likely N-dealkylation sites (N-methyl/N-ethyl adjacent to an activating group) is 1. The van der Waals surface area contributed by atoms with E-state index in [1.54, 1.807) is 0 Å². The molecule has 9 atom stereocenters. The van der Waals surface area contributed by atoms with Crippen molar-refractivity contribution in [2.75, 3.05) is 59.4 Å². The fourth-order valence-corrected chi connectivity index (χ4v) is 9.38. The van der Waals surface area contributed by atoms with Crippen LogP contribution in [0.1, 0.15) is 57.8 Å². The fourth-order valence-electron chi connectivity index (χ4n) is 9.38. The Morgan fingerprint density at radius 1 is 1.00 bits per heavy atom. The minimum Gasteiger partial charge on any atom is -0.369 e. The molecule has 1 N–H and O–H groups in total. The van der Waals surface area contributed by atoms with Crippen LogP contribution in [0.25, 0.3) is 0 Å². The summed E-state index contributed by atoms with van der Waals surface area (Å²) < 4.78 is 23.0. The number of likely N-dealkylation sites (tertiary alicyclic amines) is 1. The predicted octanol–water partition coefficient (Wildman–Crippen LogP) is 2.05. The van der Waals surface area contributed by atoms with Gasteiger partial charge in [-0.2, -0.15) is 0 Å².